The van der Waals surface area contributed by atoms with Crippen molar-refractivity contribution in [3.8, 4) is 5.75 Å². The van der Waals surface area contributed by atoms with E-state index in [1.54, 1.807) is 20.1 Å². The van der Waals surface area contributed by atoms with Crippen LogP contribution < -0.4 is 4.74 Å². The second-order valence-electron chi connectivity index (χ2n) is 4.69. The van der Waals surface area contributed by atoms with Gasteiger partial charge in [-0.15, -0.1) is 0 Å². The molecule has 1 aromatic carbocycles. The largest absolute Gasteiger partial charge is 0.491 e. The number of para-hydroxylation sites is 1. The summed E-state index contributed by atoms with van der Waals surface area (Å²) in [5.41, 5.74) is 0.634. The minimum absolute atomic E-state index is 0.0247. The van der Waals surface area contributed by atoms with Gasteiger partial charge in [-0.1, -0.05) is 12.1 Å². The van der Waals surface area contributed by atoms with E-state index in [0.29, 0.717) is 30.6 Å². The molecule has 4 heteroatoms. The number of ketones is 1. The lowest BCUT2D eigenvalue weighted by Gasteiger charge is -2.24. The number of benzene rings is 1. The molecule has 0 aliphatic rings. The molecule has 0 aliphatic carbocycles. The molecule has 4 nitrogen and oxygen atoms in total. The molecule has 1 unspecified atom stereocenters. The van der Waals surface area contributed by atoms with Crippen molar-refractivity contribution >= 4 is 5.78 Å². The number of carbonyl (C=O) groups is 1. The molecule has 0 saturated heterocycles. The van der Waals surface area contributed by atoms with Crippen LogP contribution in [0.5, 0.6) is 5.75 Å². The van der Waals surface area contributed by atoms with Gasteiger partial charge < -0.3 is 9.47 Å². The third kappa shape index (κ3) is 5.01. The summed E-state index contributed by atoms with van der Waals surface area (Å²) < 4.78 is 10.8. The average molecular weight is 265 g/mol. The van der Waals surface area contributed by atoms with Gasteiger partial charge in [0.15, 0.2) is 5.78 Å². The Morgan fingerprint density at radius 2 is 2.05 bits per heavy atom. The Morgan fingerprint density at radius 3 is 2.68 bits per heavy atom. The van der Waals surface area contributed by atoms with Crippen molar-refractivity contribution in [1.29, 1.82) is 0 Å². The van der Waals surface area contributed by atoms with Crippen molar-refractivity contribution in [2.75, 3.05) is 33.9 Å². The van der Waals surface area contributed by atoms with Gasteiger partial charge in [0.2, 0.25) is 0 Å². The Morgan fingerprint density at radius 1 is 1.37 bits per heavy atom. The van der Waals surface area contributed by atoms with E-state index in [0.717, 1.165) is 6.54 Å². The monoisotopic (exact) mass is 265 g/mol. The fourth-order valence-electron chi connectivity index (χ4n) is 1.77. The zero-order valence-corrected chi connectivity index (χ0v) is 12.2. The number of likely N-dealkylation sites (N-methyl/N-ethyl adjacent to an activating group) is 1. The second-order valence-corrected chi connectivity index (χ2v) is 4.69. The lowest BCUT2D eigenvalue weighted by Crippen LogP contribution is -2.35. The standard InChI is InChI=1S/C15H23NO3/c1-12(11-18-4)16(3)9-10-19-15-8-6-5-7-14(15)13(2)17/h5-8,12H,9-11H2,1-4H3. The van der Waals surface area contributed by atoms with Gasteiger partial charge in [-0.05, 0) is 33.0 Å². The van der Waals surface area contributed by atoms with E-state index in [1.165, 1.54) is 0 Å². The van der Waals surface area contributed by atoms with Gasteiger partial charge in [0.25, 0.3) is 0 Å². The quantitative estimate of drug-likeness (QED) is 0.676. The highest BCUT2D eigenvalue weighted by molar-refractivity contribution is 5.96. The second kappa shape index (κ2) is 7.92. The van der Waals surface area contributed by atoms with Crippen LogP contribution in [0.3, 0.4) is 0 Å². The third-order valence-electron chi connectivity index (χ3n) is 3.13. The maximum atomic E-state index is 11.4. The summed E-state index contributed by atoms with van der Waals surface area (Å²) in [5, 5.41) is 0. The first kappa shape index (κ1) is 15.7. The molecule has 0 aliphatic heterocycles. The van der Waals surface area contributed by atoms with Crippen LogP contribution >= 0.6 is 0 Å². The zero-order chi connectivity index (χ0) is 14.3. The Balaban J connectivity index is 2.47. The van der Waals surface area contributed by atoms with Crippen LogP contribution in [-0.4, -0.2) is 50.6 Å². The van der Waals surface area contributed by atoms with E-state index >= 15 is 0 Å². The molecule has 0 aromatic heterocycles. The number of rotatable bonds is 8. The van der Waals surface area contributed by atoms with E-state index in [2.05, 4.69) is 11.8 Å². The van der Waals surface area contributed by atoms with Gasteiger partial charge in [0.1, 0.15) is 12.4 Å². The van der Waals surface area contributed by atoms with Crippen LogP contribution in [0, 0.1) is 0 Å². The van der Waals surface area contributed by atoms with Crippen LogP contribution in [0.2, 0.25) is 0 Å². The Bertz CT molecular complexity index is 406. The molecule has 106 valence electrons. The predicted octanol–water partition coefficient (Wildman–Crippen LogP) is 2.23. The minimum atomic E-state index is 0.0247. The van der Waals surface area contributed by atoms with Gasteiger partial charge in [0, 0.05) is 19.7 Å². The molecule has 0 heterocycles. The molecule has 0 fully saturated rings. The highest BCUT2D eigenvalue weighted by atomic mass is 16.5. The van der Waals surface area contributed by atoms with Crippen molar-refractivity contribution < 1.29 is 14.3 Å². The Hall–Kier alpha value is -1.39. The summed E-state index contributed by atoms with van der Waals surface area (Å²) in [6.45, 7) is 5.69. The van der Waals surface area contributed by atoms with E-state index in [9.17, 15) is 4.79 Å². The van der Waals surface area contributed by atoms with Crippen molar-refractivity contribution in [2.24, 2.45) is 0 Å². The van der Waals surface area contributed by atoms with Crippen molar-refractivity contribution in [2.45, 2.75) is 19.9 Å². The fourth-order valence-corrected chi connectivity index (χ4v) is 1.77. The van der Waals surface area contributed by atoms with Crippen LogP contribution in [0.1, 0.15) is 24.2 Å². The summed E-state index contributed by atoms with van der Waals surface area (Å²) in [5.74, 6) is 0.680. The molecule has 0 amide bonds. The summed E-state index contributed by atoms with van der Waals surface area (Å²) >= 11 is 0. The van der Waals surface area contributed by atoms with Crippen LogP contribution in [0.15, 0.2) is 24.3 Å². The molecule has 0 radical (unpaired) electrons. The minimum Gasteiger partial charge on any atom is -0.491 e. The highest BCUT2D eigenvalue weighted by Gasteiger charge is 2.10. The van der Waals surface area contributed by atoms with Gasteiger partial charge in [0.05, 0.1) is 12.2 Å². The molecule has 1 rings (SSSR count). The number of Topliss-reactive ketones (excluding diaryl/α,β-unsaturated/α-hetero) is 1. The van der Waals surface area contributed by atoms with Crippen molar-refractivity contribution in [3.63, 3.8) is 0 Å². The number of methoxy groups -OCH3 is 1. The first-order valence-corrected chi connectivity index (χ1v) is 6.48. The van der Waals surface area contributed by atoms with E-state index < -0.39 is 0 Å². The molecule has 1 atom stereocenters. The molecular formula is C15H23NO3. The van der Waals surface area contributed by atoms with E-state index in [4.69, 9.17) is 9.47 Å². The molecular weight excluding hydrogens is 242 g/mol. The van der Waals surface area contributed by atoms with Crippen molar-refractivity contribution in [3.05, 3.63) is 29.8 Å². The Kier molecular flexibility index (Phi) is 6.53. The normalized spacial score (nSPS) is 12.5. The smallest absolute Gasteiger partial charge is 0.163 e. The molecule has 0 saturated carbocycles. The number of carbonyl (C=O) groups excluding carboxylic acids is 1. The first-order valence-electron chi connectivity index (χ1n) is 6.48. The van der Waals surface area contributed by atoms with Crippen molar-refractivity contribution in [1.82, 2.24) is 4.90 Å². The summed E-state index contributed by atoms with van der Waals surface area (Å²) in [4.78, 5) is 13.6. The summed E-state index contributed by atoms with van der Waals surface area (Å²) in [7, 11) is 3.73. The number of hydrogen-bond donors (Lipinski definition) is 0. The molecule has 0 spiro atoms. The molecule has 19 heavy (non-hydrogen) atoms. The van der Waals surface area contributed by atoms with E-state index in [-0.39, 0.29) is 5.78 Å². The van der Waals surface area contributed by atoms with Crippen LogP contribution in [0.25, 0.3) is 0 Å². The van der Waals surface area contributed by atoms with Crippen LogP contribution in [-0.2, 0) is 4.74 Å². The van der Waals surface area contributed by atoms with Gasteiger partial charge in [-0.2, -0.15) is 0 Å². The van der Waals surface area contributed by atoms with E-state index in [1.807, 2.05) is 25.2 Å². The molecule has 0 bridgehead atoms. The van der Waals surface area contributed by atoms with Gasteiger partial charge in [-0.25, -0.2) is 0 Å². The SMILES string of the molecule is COCC(C)N(C)CCOc1ccccc1C(C)=O. The summed E-state index contributed by atoms with van der Waals surface area (Å²) in [6, 6.07) is 7.68. The average Bonchev–Trinajstić information content (AvgIpc) is 2.39. The van der Waals surface area contributed by atoms with Crippen LogP contribution in [0.4, 0.5) is 0 Å². The first-order chi connectivity index (χ1) is 9.06. The third-order valence-corrected chi connectivity index (χ3v) is 3.13. The maximum absolute atomic E-state index is 11.4. The lowest BCUT2D eigenvalue weighted by molar-refractivity contribution is 0.0998. The topological polar surface area (TPSA) is 38.8 Å². The molecule has 0 N–H and O–H groups in total. The Labute approximate surface area is 115 Å². The predicted molar refractivity (Wildman–Crippen MR) is 75.9 cm³/mol. The highest BCUT2D eigenvalue weighted by Crippen LogP contribution is 2.18. The summed E-state index contributed by atoms with van der Waals surface area (Å²) in [6.07, 6.45) is 0. The number of ether oxygens (including phenoxy) is 2. The number of hydrogen-bond acceptors (Lipinski definition) is 4. The van der Waals surface area contributed by atoms with Gasteiger partial charge >= 0.3 is 0 Å². The molecule has 1 aromatic rings. The zero-order valence-electron chi connectivity index (χ0n) is 12.2. The van der Waals surface area contributed by atoms with Gasteiger partial charge in [-0.3, -0.25) is 9.69 Å². The fraction of sp³-hybridized carbons (Fsp3) is 0.533. The maximum Gasteiger partial charge on any atom is 0.163 e. The number of nitrogens with zero attached hydrogens (tertiary/aromatic N) is 1. The lowest BCUT2D eigenvalue weighted by atomic mass is 10.1.